The Labute approximate surface area is 96.2 Å². The highest BCUT2D eigenvalue weighted by Gasteiger charge is 2.20. The lowest BCUT2D eigenvalue weighted by Gasteiger charge is -2.31. The summed E-state index contributed by atoms with van der Waals surface area (Å²) < 4.78 is 0. The quantitative estimate of drug-likeness (QED) is 0.709. The lowest BCUT2D eigenvalue weighted by atomic mass is 9.93. The van der Waals surface area contributed by atoms with Crippen molar-refractivity contribution in [1.82, 2.24) is 4.90 Å². The number of thioether (sulfide) groups is 1. The summed E-state index contributed by atoms with van der Waals surface area (Å²) in [6, 6.07) is 0. The SMILES string of the molecule is CSCCCN1CCC(CC(=O)O)CC1. The van der Waals surface area contributed by atoms with E-state index in [0.29, 0.717) is 12.3 Å². The van der Waals surface area contributed by atoms with Gasteiger partial charge >= 0.3 is 5.97 Å². The smallest absolute Gasteiger partial charge is 0.303 e. The van der Waals surface area contributed by atoms with Crippen molar-refractivity contribution in [1.29, 1.82) is 0 Å². The van der Waals surface area contributed by atoms with Crippen LogP contribution < -0.4 is 0 Å². The van der Waals surface area contributed by atoms with Crippen LogP contribution in [-0.2, 0) is 4.79 Å². The fourth-order valence-corrected chi connectivity index (χ4v) is 2.51. The van der Waals surface area contributed by atoms with Crippen LogP contribution in [0.3, 0.4) is 0 Å². The number of piperidine rings is 1. The third-order valence-corrected chi connectivity index (χ3v) is 3.69. The molecule has 0 aromatic carbocycles. The molecular formula is C11H21NO2S. The molecule has 1 aliphatic heterocycles. The van der Waals surface area contributed by atoms with Crippen molar-refractivity contribution in [3.8, 4) is 0 Å². The highest BCUT2D eigenvalue weighted by Crippen LogP contribution is 2.20. The second-order valence-electron chi connectivity index (χ2n) is 4.23. The van der Waals surface area contributed by atoms with Crippen molar-refractivity contribution >= 4 is 17.7 Å². The van der Waals surface area contributed by atoms with Gasteiger partial charge in [-0.2, -0.15) is 11.8 Å². The Balaban J connectivity index is 2.10. The lowest BCUT2D eigenvalue weighted by molar-refractivity contribution is -0.138. The Morgan fingerprint density at radius 3 is 2.67 bits per heavy atom. The Morgan fingerprint density at radius 2 is 2.13 bits per heavy atom. The molecule has 1 fully saturated rings. The summed E-state index contributed by atoms with van der Waals surface area (Å²) in [5.41, 5.74) is 0. The van der Waals surface area contributed by atoms with Crippen molar-refractivity contribution < 1.29 is 9.90 Å². The van der Waals surface area contributed by atoms with Gasteiger partial charge in [0.2, 0.25) is 0 Å². The first kappa shape index (κ1) is 12.8. The lowest BCUT2D eigenvalue weighted by Crippen LogP contribution is -2.35. The number of rotatable bonds is 6. The molecule has 4 heteroatoms. The van der Waals surface area contributed by atoms with Gasteiger partial charge in [-0.1, -0.05) is 0 Å². The maximum Gasteiger partial charge on any atom is 0.303 e. The molecule has 0 aliphatic carbocycles. The minimum atomic E-state index is -0.643. The van der Waals surface area contributed by atoms with Gasteiger partial charge in [0.1, 0.15) is 0 Å². The fraction of sp³-hybridized carbons (Fsp3) is 0.909. The van der Waals surface area contributed by atoms with E-state index in [0.717, 1.165) is 25.9 Å². The number of carboxylic acid groups (broad SMARTS) is 1. The first-order chi connectivity index (χ1) is 7.22. The Morgan fingerprint density at radius 1 is 1.47 bits per heavy atom. The van der Waals surface area contributed by atoms with Crippen LogP contribution in [0.4, 0.5) is 0 Å². The van der Waals surface area contributed by atoms with Gasteiger partial charge in [0.15, 0.2) is 0 Å². The summed E-state index contributed by atoms with van der Waals surface area (Å²) in [6.45, 7) is 3.36. The minimum absolute atomic E-state index is 0.360. The molecule has 0 radical (unpaired) electrons. The highest BCUT2D eigenvalue weighted by atomic mass is 32.2. The van der Waals surface area contributed by atoms with Crippen LogP contribution in [0.15, 0.2) is 0 Å². The van der Waals surface area contributed by atoms with E-state index >= 15 is 0 Å². The first-order valence-corrected chi connectivity index (χ1v) is 7.05. The molecule has 1 aliphatic rings. The second kappa shape index (κ2) is 7.12. The third-order valence-electron chi connectivity index (χ3n) is 2.99. The highest BCUT2D eigenvalue weighted by molar-refractivity contribution is 7.98. The maximum absolute atomic E-state index is 10.5. The zero-order chi connectivity index (χ0) is 11.1. The Hall–Kier alpha value is -0.220. The van der Waals surface area contributed by atoms with Gasteiger partial charge in [0.05, 0.1) is 0 Å². The molecule has 0 bridgehead atoms. The average molecular weight is 231 g/mol. The number of likely N-dealkylation sites (tertiary alicyclic amines) is 1. The minimum Gasteiger partial charge on any atom is -0.481 e. The molecule has 0 unspecified atom stereocenters. The van der Waals surface area contributed by atoms with Crippen molar-refractivity contribution in [2.24, 2.45) is 5.92 Å². The summed E-state index contributed by atoms with van der Waals surface area (Å²) in [5, 5.41) is 8.69. The molecule has 1 N–H and O–H groups in total. The molecule has 1 rings (SSSR count). The van der Waals surface area contributed by atoms with Gasteiger partial charge in [0.25, 0.3) is 0 Å². The van der Waals surface area contributed by atoms with E-state index in [4.69, 9.17) is 5.11 Å². The van der Waals surface area contributed by atoms with E-state index < -0.39 is 5.97 Å². The van der Waals surface area contributed by atoms with Crippen LogP contribution in [0.2, 0.25) is 0 Å². The number of hydrogen-bond acceptors (Lipinski definition) is 3. The molecule has 15 heavy (non-hydrogen) atoms. The molecule has 88 valence electrons. The molecule has 0 spiro atoms. The molecule has 3 nitrogen and oxygen atoms in total. The number of carbonyl (C=O) groups is 1. The summed E-state index contributed by atoms with van der Waals surface area (Å²) in [4.78, 5) is 13.0. The predicted octanol–water partition coefficient (Wildman–Crippen LogP) is 1.93. The molecule has 0 aromatic heterocycles. The molecule has 0 atom stereocenters. The van der Waals surface area contributed by atoms with E-state index in [-0.39, 0.29) is 0 Å². The van der Waals surface area contributed by atoms with Gasteiger partial charge in [-0.05, 0) is 56.8 Å². The normalized spacial score (nSPS) is 19.3. The van der Waals surface area contributed by atoms with Crippen LogP contribution >= 0.6 is 11.8 Å². The van der Waals surface area contributed by atoms with Gasteiger partial charge in [0, 0.05) is 6.42 Å². The molecule has 0 amide bonds. The number of carboxylic acids is 1. The third kappa shape index (κ3) is 5.42. The van der Waals surface area contributed by atoms with Gasteiger partial charge in [-0.3, -0.25) is 4.79 Å². The maximum atomic E-state index is 10.5. The van der Waals surface area contributed by atoms with Crippen molar-refractivity contribution in [2.75, 3.05) is 31.6 Å². The van der Waals surface area contributed by atoms with Crippen LogP contribution in [0.5, 0.6) is 0 Å². The zero-order valence-corrected chi connectivity index (χ0v) is 10.3. The zero-order valence-electron chi connectivity index (χ0n) is 9.45. The summed E-state index contributed by atoms with van der Waals surface area (Å²) in [5.74, 6) is 1.00. The van der Waals surface area contributed by atoms with Crippen molar-refractivity contribution in [3.63, 3.8) is 0 Å². The van der Waals surface area contributed by atoms with E-state index in [1.165, 1.54) is 18.7 Å². The van der Waals surface area contributed by atoms with E-state index in [1.807, 2.05) is 11.8 Å². The molecule has 1 heterocycles. The fourth-order valence-electron chi connectivity index (χ4n) is 2.09. The monoisotopic (exact) mass is 231 g/mol. The van der Waals surface area contributed by atoms with Crippen molar-refractivity contribution in [3.05, 3.63) is 0 Å². The number of nitrogens with zero attached hydrogens (tertiary/aromatic N) is 1. The van der Waals surface area contributed by atoms with Crippen molar-refractivity contribution in [2.45, 2.75) is 25.7 Å². The van der Waals surface area contributed by atoms with Gasteiger partial charge in [-0.15, -0.1) is 0 Å². The van der Waals surface area contributed by atoms with Crippen LogP contribution in [0.25, 0.3) is 0 Å². The second-order valence-corrected chi connectivity index (χ2v) is 5.21. The Kier molecular flexibility index (Phi) is 6.10. The summed E-state index contributed by atoms with van der Waals surface area (Å²) >= 11 is 1.89. The van der Waals surface area contributed by atoms with E-state index in [2.05, 4.69) is 11.2 Å². The topological polar surface area (TPSA) is 40.5 Å². The molecule has 1 saturated heterocycles. The Bertz CT molecular complexity index is 191. The average Bonchev–Trinajstić information content (AvgIpc) is 2.20. The van der Waals surface area contributed by atoms with Crippen LogP contribution in [0.1, 0.15) is 25.7 Å². The van der Waals surface area contributed by atoms with E-state index in [1.54, 1.807) is 0 Å². The van der Waals surface area contributed by atoms with Gasteiger partial charge < -0.3 is 10.0 Å². The van der Waals surface area contributed by atoms with Crippen LogP contribution in [-0.4, -0.2) is 47.6 Å². The predicted molar refractivity (Wildman–Crippen MR) is 64.4 cm³/mol. The molecular weight excluding hydrogens is 210 g/mol. The molecule has 0 aromatic rings. The standard InChI is InChI=1S/C11H21NO2S/c1-15-8-2-5-12-6-3-10(4-7-12)9-11(13)14/h10H,2-9H2,1H3,(H,13,14). The molecule has 0 saturated carbocycles. The number of hydrogen-bond donors (Lipinski definition) is 1. The number of aliphatic carboxylic acids is 1. The summed E-state index contributed by atoms with van der Waals surface area (Å²) in [7, 11) is 0. The first-order valence-electron chi connectivity index (χ1n) is 5.65. The van der Waals surface area contributed by atoms with E-state index in [9.17, 15) is 4.79 Å². The largest absolute Gasteiger partial charge is 0.481 e. The summed E-state index contributed by atoms with van der Waals surface area (Å²) in [6.07, 6.45) is 5.87. The van der Waals surface area contributed by atoms with Crippen LogP contribution in [0, 0.1) is 5.92 Å². The van der Waals surface area contributed by atoms with Gasteiger partial charge in [-0.25, -0.2) is 0 Å².